The third-order valence-electron chi connectivity index (χ3n) is 5.89. The van der Waals surface area contributed by atoms with E-state index in [1.165, 1.54) is 47.7 Å². The smallest absolute Gasteiger partial charge is 0.309 e. The van der Waals surface area contributed by atoms with Crippen molar-refractivity contribution >= 4 is 29.1 Å². The van der Waals surface area contributed by atoms with Gasteiger partial charge in [-0.15, -0.1) is 11.3 Å². The van der Waals surface area contributed by atoms with Crippen LogP contribution in [0.25, 0.3) is 0 Å². The zero-order chi connectivity index (χ0) is 24.8. The summed E-state index contributed by atoms with van der Waals surface area (Å²) in [5.74, 6) is -2.36. The van der Waals surface area contributed by atoms with Crippen molar-refractivity contribution in [1.82, 2.24) is 10.2 Å². The fraction of sp³-hybridized carbons (Fsp3) is 0.269. The Bertz CT molecular complexity index is 1160. The van der Waals surface area contributed by atoms with Crippen LogP contribution >= 0.6 is 11.3 Å². The number of esters is 1. The molecule has 0 aliphatic carbocycles. The predicted octanol–water partition coefficient (Wildman–Crippen LogP) is 4.33. The van der Waals surface area contributed by atoms with E-state index in [1.807, 2.05) is 17.5 Å². The standard InChI is InChI=1S/C26H24F2N2O4S/c27-20-7-3-17(4-8-20)24(22-2-1-15-35-22)29-23(31)16-34-26(33)19-11-13-30(14-12-19)25(32)18-5-9-21(28)10-6-18/h1-10,15,19,24H,11-14,16H2,(H,29,31). The number of hydrogen-bond donors (Lipinski definition) is 1. The van der Waals surface area contributed by atoms with E-state index in [4.69, 9.17) is 4.74 Å². The van der Waals surface area contributed by atoms with Crippen LogP contribution in [0.15, 0.2) is 66.0 Å². The number of carbonyl (C=O) groups excluding carboxylic acids is 3. The molecule has 1 aromatic heterocycles. The van der Waals surface area contributed by atoms with Crippen LogP contribution in [0.3, 0.4) is 0 Å². The van der Waals surface area contributed by atoms with Crippen LogP contribution in [0.1, 0.15) is 39.7 Å². The van der Waals surface area contributed by atoms with Gasteiger partial charge in [0.25, 0.3) is 11.8 Å². The average molecular weight is 499 g/mol. The molecule has 3 aromatic rings. The first-order chi connectivity index (χ1) is 16.9. The monoisotopic (exact) mass is 498 g/mol. The summed E-state index contributed by atoms with van der Waals surface area (Å²) in [6.45, 7) is 0.303. The highest BCUT2D eigenvalue weighted by molar-refractivity contribution is 7.10. The summed E-state index contributed by atoms with van der Waals surface area (Å²) in [5, 5.41) is 4.73. The van der Waals surface area contributed by atoms with Gasteiger partial charge in [0.2, 0.25) is 0 Å². The first kappa shape index (κ1) is 24.5. The van der Waals surface area contributed by atoms with E-state index >= 15 is 0 Å². The van der Waals surface area contributed by atoms with Crippen LogP contribution in [0.4, 0.5) is 8.78 Å². The van der Waals surface area contributed by atoms with Crippen LogP contribution in [-0.4, -0.2) is 42.4 Å². The number of amides is 2. The molecule has 2 aromatic carbocycles. The van der Waals surface area contributed by atoms with Crippen LogP contribution in [0.5, 0.6) is 0 Å². The molecule has 1 aliphatic heterocycles. The van der Waals surface area contributed by atoms with Gasteiger partial charge in [-0.2, -0.15) is 0 Å². The van der Waals surface area contributed by atoms with E-state index in [9.17, 15) is 23.2 Å². The second-order valence-electron chi connectivity index (χ2n) is 8.25. The molecule has 1 atom stereocenters. The number of ether oxygens (including phenoxy) is 1. The minimum atomic E-state index is -0.484. The van der Waals surface area contributed by atoms with E-state index in [0.29, 0.717) is 37.1 Å². The van der Waals surface area contributed by atoms with Crippen molar-refractivity contribution in [3.8, 4) is 0 Å². The first-order valence-electron chi connectivity index (χ1n) is 11.2. The quantitative estimate of drug-likeness (QED) is 0.492. The van der Waals surface area contributed by atoms with Crippen molar-refractivity contribution < 1.29 is 27.9 Å². The fourth-order valence-electron chi connectivity index (χ4n) is 3.98. The largest absolute Gasteiger partial charge is 0.455 e. The number of halogens is 2. The molecular weight excluding hydrogens is 474 g/mol. The van der Waals surface area contributed by atoms with E-state index in [2.05, 4.69) is 5.32 Å². The topological polar surface area (TPSA) is 75.7 Å². The number of benzene rings is 2. The Morgan fingerprint density at radius 1 is 0.971 bits per heavy atom. The van der Waals surface area contributed by atoms with Gasteiger partial charge >= 0.3 is 5.97 Å². The molecule has 0 spiro atoms. The van der Waals surface area contributed by atoms with Gasteiger partial charge in [-0.25, -0.2) is 8.78 Å². The molecule has 2 heterocycles. The second kappa shape index (κ2) is 11.2. The summed E-state index contributed by atoms with van der Waals surface area (Å²) >= 11 is 1.45. The van der Waals surface area contributed by atoms with Gasteiger partial charge in [-0.1, -0.05) is 18.2 Å². The molecule has 1 N–H and O–H groups in total. The molecule has 0 saturated carbocycles. The number of nitrogens with zero attached hydrogens (tertiary/aromatic N) is 1. The number of piperidine rings is 1. The lowest BCUT2D eigenvalue weighted by molar-refractivity contribution is -0.154. The Kier molecular flexibility index (Phi) is 7.87. The maximum Gasteiger partial charge on any atom is 0.309 e. The summed E-state index contributed by atoms with van der Waals surface area (Å²) in [5.41, 5.74) is 1.11. The van der Waals surface area contributed by atoms with Gasteiger partial charge in [0.15, 0.2) is 6.61 Å². The van der Waals surface area contributed by atoms with Crippen molar-refractivity contribution in [2.24, 2.45) is 5.92 Å². The number of carbonyl (C=O) groups is 3. The minimum Gasteiger partial charge on any atom is -0.455 e. The van der Waals surface area contributed by atoms with E-state index in [0.717, 1.165) is 4.88 Å². The minimum absolute atomic E-state index is 0.211. The third kappa shape index (κ3) is 6.30. The Morgan fingerprint density at radius 2 is 1.60 bits per heavy atom. The molecule has 182 valence electrons. The highest BCUT2D eigenvalue weighted by atomic mass is 32.1. The lowest BCUT2D eigenvalue weighted by Crippen LogP contribution is -2.41. The Labute approximate surface area is 205 Å². The van der Waals surface area contributed by atoms with Crippen LogP contribution < -0.4 is 5.32 Å². The highest BCUT2D eigenvalue weighted by Gasteiger charge is 2.29. The van der Waals surface area contributed by atoms with E-state index in [1.54, 1.807) is 17.0 Å². The van der Waals surface area contributed by atoms with Gasteiger partial charge in [0, 0.05) is 23.5 Å². The normalized spacial score (nSPS) is 14.9. The molecule has 1 unspecified atom stereocenters. The first-order valence-corrected chi connectivity index (χ1v) is 12.1. The number of nitrogens with one attached hydrogen (secondary N) is 1. The lowest BCUT2D eigenvalue weighted by Gasteiger charge is -2.31. The summed E-state index contributed by atoms with van der Waals surface area (Å²) in [6.07, 6.45) is 0.835. The molecule has 35 heavy (non-hydrogen) atoms. The van der Waals surface area contributed by atoms with Gasteiger partial charge in [-0.05, 0) is 66.2 Å². The van der Waals surface area contributed by atoms with E-state index < -0.39 is 36.3 Å². The highest BCUT2D eigenvalue weighted by Crippen LogP contribution is 2.26. The lowest BCUT2D eigenvalue weighted by atomic mass is 9.96. The number of likely N-dealkylation sites (tertiary alicyclic amines) is 1. The van der Waals surface area contributed by atoms with Crippen molar-refractivity contribution in [2.45, 2.75) is 18.9 Å². The van der Waals surface area contributed by atoms with Crippen LogP contribution in [0, 0.1) is 17.6 Å². The van der Waals surface area contributed by atoms with Crippen LogP contribution in [0.2, 0.25) is 0 Å². The van der Waals surface area contributed by atoms with Gasteiger partial charge < -0.3 is 15.0 Å². The van der Waals surface area contributed by atoms with Crippen molar-refractivity contribution in [3.05, 3.63) is 93.7 Å². The zero-order valence-electron chi connectivity index (χ0n) is 18.8. The maximum absolute atomic E-state index is 13.3. The molecule has 6 nitrogen and oxygen atoms in total. The third-order valence-corrected chi connectivity index (χ3v) is 6.83. The summed E-state index contributed by atoms with van der Waals surface area (Å²) in [4.78, 5) is 40.1. The molecule has 1 aliphatic rings. The number of hydrogen-bond acceptors (Lipinski definition) is 5. The van der Waals surface area contributed by atoms with Gasteiger partial charge in [0.05, 0.1) is 12.0 Å². The second-order valence-corrected chi connectivity index (χ2v) is 9.23. The molecule has 1 fully saturated rings. The number of thiophene rings is 1. The molecule has 9 heteroatoms. The van der Waals surface area contributed by atoms with E-state index in [-0.39, 0.29) is 11.7 Å². The predicted molar refractivity (Wildman–Crippen MR) is 127 cm³/mol. The fourth-order valence-corrected chi connectivity index (χ4v) is 4.78. The Morgan fingerprint density at radius 3 is 2.20 bits per heavy atom. The zero-order valence-corrected chi connectivity index (χ0v) is 19.6. The Hall–Kier alpha value is -3.59. The molecular formula is C26H24F2N2O4S. The van der Waals surface area contributed by atoms with Gasteiger partial charge in [-0.3, -0.25) is 14.4 Å². The summed E-state index contributed by atoms with van der Waals surface area (Å²) < 4.78 is 31.7. The maximum atomic E-state index is 13.3. The van der Waals surface area contributed by atoms with Crippen molar-refractivity contribution in [1.29, 1.82) is 0 Å². The van der Waals surface area contributed by atoms with Gasteiger partial charge in [0.1, 0.15) is 11.6 Å². The summed E-state index contributed by atoms with van der Waals surface area (Å²) in [7, 11) is 0. The SMILES string of the molecule is O=C(COC(=O)C1CCN(C(=O)c2ccc(F)cc2)CC1)NC(c1ccc(F)cc1)c1cccs1. The number of rotatable bonds is 7. The summed E-state index contributed by atoms with van der Waals surface area (Å²) in [6, 6.07) is 14.5. The van der Waals surface area contributed by atoms with Crippen LogP contribution in [-0.2, 0) is 14.3 Å². The molecule has 0 radical (unpaired) electrons. The molecule has 4 rings (SSSR count). The Balaban J connectivity index is 1.27. The average Bonchev–Trinajstić information content (AvgIpc) is 3.41. The molecule has 1 saturated heterocycles. The van der Waals surface area contributed by atoms with Crippen molar-refractivity contribution in [2.75, 3.05) is 19.7 Å². The van der Waals surface area contributed by atoms with Crippen molar-refractivity contribution in [3.63, 3.8) is 0 Å². The molecule has 2 amide bonds. The molecule has 0 bridgehead atoms.